The summed E-state index contributed by atoms with van der Waals surface area (Å²) >= 11 is 0. The van der Waals surface area contributed by atoms with Crippen LogP contribution in [0.1, 0.15) is 13.3 Å². The fourth-order valence-corrected chi connectivity index (χ4v) is 3.51. The molecule has 6 nitrogen and oxygen atoms in total. The first-order valence-electron chi connectivity index (χ1n) is 9.34. The molecule has 2 aromatic carbocycles. The molecule has 0 spiro atoms. The van der Waals surface area contributed by atoms with Crippen LogP contribution in [0, 0.1) is 5.92 Å². The van der Waals surface area contributed by atoms with Crippen molar-refractivity contribution < 1.29 is 14.3 Å². The van der Waals surface area contributed by atoms with Crippen molar-refractivity contribution in [2.75, 3.05) is 23.4 Å². The summed E-state index contributed by atoms with van der Waals surface area (Å²) in [4.78, 5) is 31.5. The average molecular weight is 375 g/mol. The molecule has 1 fully saturated rings. The highest BCUT2D eigenvalue weighted by molar-refractivity contribution is 6.07. The van der Waals surface area contributed by atoms with Gasteiger partial charge in [0.2, 0.25) is 11.8 Å². The Labute approximate surface area is 163 Å². The summed E-state index contributed by atoms with van der Waals surface area (Å²) in [5.41, 5.74) is 2.13. The van der Waals surface area contributed by atoms with Crippen LogP contribution in [-0.4, -0.2) is 29.9 Å². The summed E-state index contributed by atoms with van der Waals surface area (Å²) in [6.07, 6.45) is 1.88. The molecule has 0 saturated carbocycles. The zero-order valence-corrected chi connectivity index (χ0v) is 15.6. The number of nitrogens with zero attached hydrogens (tertiary/aromatic N) is 2. The Morgan fingerprint density at radius 3 is 2.86 bits per heavy atom. The molecule has 0 radical (unpaired) electrons. The van der Waals surface area contributed by atoms with E-state index in [4.69, 9.17) is 4.74 Å². The maximum absolute atomic E-state index is 12.8. The lowest BCUT2D eigenvalue weighted by molar-refractivity contribution is -0.122. The highest BCUT2D eigenvalue weighted by Gasteiger charge is 2.36. The van der Waals surface area contributed by atoms with Gasteiger partial charge in [0.1, 0.15) is 5.75 Å². The third-order valence-electron chi connectivity index (χ3n) is 4.84. The van der Waals surface area contributed by atoms with Crippen LogP contribution in [0.25, 0.3) is 10.9 Å². The minimum absolute atomic E-state index is 0.0728. The van der Waals surface area contributed by atoms with Gasteiger partial charge in [-0.1, -0.05) is 30.3 Å². The number of nitrogens with one attached hydrogen (secondary N) is 1. The summed E-state index contributed by atoms with van der Waals surface area (Å²) in [5.74, 6) is -0.0634. The summed E-state index contributed by atoms with van der Waals surface area (Å²) in [5, 5.41) is 3.87. The van der Waals surface area contributed by atoms with Gasteiger partial charge in [0.05, 0.1) is 29.4 Å². The fourth-order valence-electron chi connectivity index (χ4n) is 3.51. The van der Waals surface area contributed by atoms with E-state index in [2.05, 4.69) is 10.3 Å². The molecule has 4 rings (SSSR count). The summed E-state index contributed by atoms with van der Waals surface area (Å²) < 4.78 is 5.56. The van der Waals surface area contributed by atoms with Crippen LogP contribution >= 0.6 is 0 Å². The Balaban J connectivity index is 1.54. The molecule has 142 valence electrons. The predicted molar refractivity (Wildman–Crippen MR) is 108 cm³/mol. The highest BCUT2D eigenvalue weighted by atomic mass is 16.5. The zero-order chi connectivity index (χ0) is 19.5. The Morgan fingerprint density at radius 1 is 1.18 bits per heavy atom. The molecule has 3 aromatic rings. The highest BCUT2D eigenvalue weighted by Crippen LogP contribution is 2.31. The first-order valence-corrected chi connectivity index (χ1v) is 9.34. The topological polar surface area (TPSA) is 71.5 Å². The van der Waals surface area contributed by atoms with Crippen molar-refractivity contribution in [3.63, 3.8) is 0 Å². The molecule has 1 atom stereocenters. The SMILES string of the molecule is CCOc1ccccc1NC(=O)C1CC(=O)N(c2cccc3cccnc23)C1. The van der Waals surface area contributed by atoms with Crippen LogP contribution in [0.15, 0.2) is 60.8 Å². The van der Waals surface area contributed by atoms with E-state index >= 15 is 0 Å². The van der Waals surface area contributed by atoms with Gasteiger partial charge in [-0.2, -0.15) is 0 Å². The normalized spacial score (nSPS) is 16.4. The number of carbonyl (C=O) groups is 2. The molecule has 28 heavy (non-hydrogen) atoms. The number of rotatable bonds is 5. The van der Waals surface area contributed by atoms with Crippen LogP contribution in [-0.2, 0) is 9.59 Å². The second kappa shape index (κ2) is 7.68. The predicted octanol–water partition coefficient (Wildman–Crippen LogP) is 3.63. The van der Waals surface area contributed by atoms with E-state index in [-0.39, 0.29) is 18.2 Å². The van der Waals surface area contributed by atoms with Gasteiger partial charge in [-0.05, 0) is 31.2 Å². The average Bonchev–Trinajstić information content (AvgIpc) is 3.11. The van der Waals surface area contributed by atoms with E-state index in [1.165, 1.54) is 0 Å². The molecule has 1 N–H and O–H groups in total. The van der Waals surface area contributed by atoms with E-state index in [1.807, 2.05) is 55.5 Å². The minimum atomic E-state index is -0.429. The molecule has 0 bridgehead atoms. The zero-order valence-electron chi connectivity index (χ0n) is 15.6. The molecule has 1 aromatic heterocycles. The van der Waals surface area contributed by atoms with Gasteiger partial charge in [0, 0.05) is 24.5 Å². The third kappa shape index (κ3) is 3.41. The molecular formula is C22H21N3O3. The van der Waals surface area contributed by atoms with Gasteiger partial charge in [-0.15, -0.1) is 0 Å². The second-order valence-electron chi connectivity index (χ2n) is 6.68. The number of para-hydroxylation sites is 3. The molecule has 1 unspecified atom stereocenters. The Bertz CT molecular complexity index is 1030. The first kappa shape index (κ1) is 18.0. The standard InChI is InChI=1S/C22H21N3O3/c1-2-28-19-11-4-3-9-17(19)24-22(27)16-13-20(26)25(14-16)18-10-5-7-15-8-6-12-23-21(15)18/h3-12,16H,2,13-14H2,1H3,(H,24,27). The number of benzene rings is 2. The number of anilines is 2. The minimum Gasteiger partial charge on any atom is -0.492 e. The maximum atomic E-state index is 12.8. The molecule has 6 heteroatoms. The molecule has 1 aliphatic rings. The summed E-state index contributed by atoms with van der Waals surface area (Å²) in [6.45, 7) is 2.73. The number of carbonyl (C=O) groups excluding carboxylic acids is 2. The lowest BCUT2D eigenvalue weighted by Gasteiger charge is -2.18. The van der Waals surface area contributed by atoms with Crippen molar-refractivity contribution >= 4 is 34.1 Å². The van der Waals surface area contributed by atoms with Gasteiger partial charge < -0.3 is 15.0 Å². The smallest absolute Gasteiger partial charge is 0.229 e. The number of hydrogen-bond donors (Lipinski definition) is 1. The number of amides is 2. The van der Waals surface area contributed by atoms with Crippen molar-refractivity contribution in [2.45, 2.75) is 13.3 Å². The van der Waals surface area contributed by atoms with Crippen LogP contribution in [0.3, 0.4) is 0 Å². The van der Waals surface area contributed by atoms with Gasteiger partial charge in [0.25, 0.3) is 0 Å². The number of aromatic nitrogens is 1. The summed E-state index contributed by atoms with van der Waals surface area (Å²) in [6, 6.07) is 16.9. The van der Waals surface area contributed by atoms with Gasteiger partial charge in [0.15, 0.2) is 0 Å². The van der Waals surface area contributed by atoms with E-state index in [9.17, 15) is 9.59 Å². The Hall–Kier alpha value is -3.41. The van der Waals surface area contributed by atoms with E-state index in [0.717, 1.165) is 16.6 Å². The molecular weight excluding hydrogens is 354 g/mol. The van der Waals surface area contributed by atoms with Crippen molar-refractivity contribution in [3.05, 3.63) is 60.8 Å². The van der Waals surface area contributed by atoms with Crippen molar-refractivity contribution in [3.8, 4) is 5.75 Å². The van der Waals surface area contributed by atoms with E-state index < -0.39 is 5.92 Å². The third-order valence-corrected chi connectivity index (χ3v) is 4.84. The quantitative estimate of drug-likeness (QED) is 0.739. The molecule has 1 saturated heterocycles. The molecule has 2 amide bonds. The molecule has 2 heterocycles. The van der Waals surface area contributed by atoms with Crippen LogP contribution in [0.4, 0.5) is 11.4 Å². The van der Waals surface area contributed by atoms with Crippen LogP contribution in [0.2, 0.25) is 0 Å². The van der Waals surface area contributed by atoms with Crippen LogP contribution in [0.5, 0.6) is 5.75 Å². The monoisotopic (exact) mass is 375 g/mol. The van der Waals surface area contributed by atoms with Crippen molar-refractivity contribution in [1.82, 2.24) is 4.98 Å². The number of ether oxygens (including phenoxy) is 1. The summed E-state index contributed by atoms with van der Waals surface area (Å²) in [7, 11) is 0. The molecule has 1 aliphatic heterocycles. The number of pyridine rings is 1. The van der Waals surface area contributed by atoms with Gasteiger partial charge in [-0.3, -0.25) is 14.6 Å². The second-order valence-corrected chi connectivity index (χ2v) is 6.68. The number of hydrogen-bond acceptors (Lipinski definition) is 4. The molecule has 0 aliphatic carbocycles. The lowest BCUT2D eigenvalue weighted by Crippen LogP contribution is -2.28. The van der Waals surface area contributed by atoms with Crippen molar-refractivity contribution in [1.29, 1.82) is 0 Å². The van der Waals surface area contributed by atoms with Crippen LogP contribution < -0.4 is 15.0 Å². The van der Waals surface area contributed by atoms with Gasteiger partial charge in [-0.25, -0.2) is 0 Å². The lowest BCUT2D eigenvalue weighted by atomic mass is 10.1. The fraction of sp³-hybridized carbons (Fsp3) is 0.227. The Morgan fingerprint density at radius 2 is 2.00 bits per heavy atom. The van der Waals surface area contributed by atoms with Gasteiger partial charge >= 0.3 is 0 Å². The Kier molecular flexibility index (Phi) is 4.93. The first-order chi connectivity index (χ1) is 13.7. The largest absolute Gasteiger partial charge is 0.492 e. The van der Waals surface area contributed by atoms with E-state index in [1.54, 1.807) is 17.2 Å². The maximum Gasteiger partial charge on any atom is 0.229 e. The van der Waals surface area contributed by atoms with Crippen molar-refractivity contribution in [2.24, 2.45) is 5.92 Å². The number of fused-ring (bicyclic) bond motifs is 1. The van der Waals surface area contributed by atoms with E-state index in [0.29, 0.717) is 24.6 Å².